The van der Waals surface area contributed by atoms with Gasteiger partial charge in [-0.25, -0.2) is 13.1 Å². The monoisotopic (exact) mass is 456 g/mol. The van der Waals surface area contributed by atoms with Crippen LogP contribution < -0.4 is 0 Å². The van der Waals surface area contributed by atoms with Gasteiger partial charge in [0.15, 0.2) is 15.7 Å². The Morgan fingerprint density at radius 1 is 1.16 bits per heavy atom. The third-order valence-electron chi connectivity index (χ3n) is 5.68. The fraction of sp³-hybridized carbons (Fsp3) is 0.391. The molecule has 1 saturated heterocycles. The number of rotatable bonds is 7. The Kier molecular flexibility index (Phi) is 6.41. The van der Waals surface area contributed by atoms with E-state index in [9.17, 15) is 8.42 Å². The Balaban J connectivity index is 1.77. The van der Waals surface area contributed by atoms with Crippen LogP contribution in [0.25, 0.3) is 17.1 Å². The molecular weight excluding hydrogens is 428 g/mol. The highest BCUT2D eigenvalue weighted by Gasteiger charge is 2.32. The third-order valence-corrected chi connectivity index (χ3v) is 7.83. The Bertz CT molecular complexity index is 1220. The Morgan fingerprint density at radius 3 is 2.58 bits per heavy atom. The van der Waals surface area contributed by atoms with Crippen LogP contribution in [0.15, 0.2) is 54.6 Å². The summed E-state index contributed by atoms with van der Waals surface area (Å²) in [6.45, 7) is 5.45. The van der Waals surface area contributed by atoms with Gasteiger partial charge in [-0.1, -0.05) is 49.4 Å². The van der Waals surface area contributed by atoms with Crippen molar-refractivity contribution in [2.45, 2.75) is 39.4 Å². The predicted molar refractivity (Wildman–Crippen MR) is 127 cm³/mol. The Labute approximate surface area is 189 Å². The van der Waals surface area contributed by atoms with Crippen LogP contribution in [0.2, 0.25) is 0 Å². The quantitative estimate of drug-likeness (QED) is 0.498. The zero-order chi connectivity index (χ0) is 22.0. The van der Waals surface area contributed by atoms with Crippen LogP contribution in [0.1, 0.15) is 25.3 Å². The minimum atomic E-state index is -2.96. The van der Waals surface area contributed by atoms with Gasteiger partial charge in [0.25, 0.3) is 0 Å². The molecule has 1 aliphatic rings. The highest BCUT2D eigenvalue weighted by Crippen LogP contribution is 2.24. The van der Waals surface area contributed by atoms with Crippen molar-refractivity contribution in [2.75, 3.05) is 18.1 Å². The van der Waals surface area contributed by atoms with Crippen molar-refractivity contribution < 1.29 is 8.42 Å². The van der Waals surface area contributed by atoms with Gasteiger partial charge in [-0.2, -0.15) is 0 Å². The van der Waals surface area contributed by atoms with Crippen LogP contribution in [-0.2, 0) is 16.5 Å². The molecule has 0 aliphatic carbocycles. The van der Waals surface area contributed by atoms with Crippen molar-refractivity contribution in [1.29, 1.82) is 0 Å². The zero-order valence-electron chi connectivity index (χ0n) is 17.9. The molecule has 8 heteroatoms. The summed E-state index contributed by atoms with van der Waals surface area (Å²) < 4.78 is 28.6. The number of hydrogen-bond acceptors (Lipinski definition) is 5. The van der Waals surface area contributed by atoms with Crippen LogP contribution in [0.5, 0.6) is 0 Å². The first-order valence-electron chi connectivity index (χ1n) is 10.6. The first-order chi connectivity index (χ1) is 14.9. The van der Waals surface area contributed by atoms with E-state index in [4.69, 9.17) is 17.3 Å². The molecule has 0 amide bonds. The number of sulfone groups is 1. The van der Waals surface area contributed by atoms with Gasteiger partial charge >= 0.3 is 0 Å². The summed E-state index contributed by atoms with van der Waals surface area (Å²) in [7, 11) is -2.96. The fourth-order valence-electron chi connectivity index (χ4n) is 4.17. The topological polar surface area (TPSA) is 60.1 Å². The lowest BCUT2D eigenvalue weighted by Crippen LogP contribution is -2.38. The van der Waals surface area contributed by atoms with Gasteiger partial charge in [-0.05, 0) is 56.2 Å². The minimum absolute atomic E-state index is 0.0103. The van der Waals surface area contributed by atoms with E-state index < -0.39 is 9.84 Å². The normalized spacial score (nSPS) is 18.0. The molecular formula is C23H28N4O2S2. The molecule has 164 valence electrons. The standard InChI is InChI=1S/C23H28N4O2S2/c1-3-13-25(21-12-14-31(28,29)16-21)17-26-23(30)27(20-11-7-8-18(2)15-20)22(24-26)19-9-5-4-6-10-19/h4-11,15,21H,3,12-14,16-17H2,1-2H3/t21-/m0/s1. The molecule has 1 aliphatic heterocycles. The highest BCUT2D eigenvalue weighted by atomic mass is 32.2. The molecule has 1 aromatic heterocycles. The molecule has 0 spiro atoms. The van der Waals surface area contributed by atoms with Crippen LogP contribution in [0.3, 0.4) is 0 Å². The van der Waals surface area contributed by atoms with Crippen LogP contribution in [0, 0.1) is 11.7 Å². The summed E-state index contributed by atoms with van der Waals surface area (Å²) in [5.74, 6) is 1.26. The summed E-state index contributed by atoms with van der Waals surface area (Å²) in [4.78, 5) is 2.21. The number of benzene rings is 2. The van der Waals surface area contributed by atoms with Crippen molar-refractivity contribution >= 4 is 22.1 Å². The summed E-state index contributed by atoms with van der Waals surface area (Å²) >= 11 is 5.88. The van der Waals surface area contributed by atoms with Gasteiger partial charge < -0.3 is 0 Å². The molecule has 1 atom stereocenters. The van der Waals surface area contributed by atoms with Crippen LogP contribution in [-0.4, -0.2) is 51.8 Å². The van der Waals surface area contributed by atoms with Gasteiger partial charge in [-0.3, -0.25) is 9.47 Å². The fourth-order valence-corrected chi connectivity index (χ4v) is 6.22. The first-order valence-corrected chi connectivity index (χ1v) is 12.9. The third kappa shape index (κ3) is 4.81. The second kappa shape index (κ2) is 9.06. The smallest absolute Gasteiger partial charge is 0.204 e. The van der Waals surface area contributed by atoms with Gasteiger partial charge in [-0.15, -0.1) is 5.10 Å². The van der Waals surface area contributed by atoms with E-state index >= 15 is 0 Å². The molecule has 31 heavy (non-hydrogen) atoms. The molecule has 4 rings (SSSR count). The molecule has 0 unspecified atom stereocenters. The van der Waals surface area contributed by atoms with Crippen LogP contribution in [0.4, 0.5) is 0 Å². The first kappa shape index (κ1) is 21.9. The molecule has 3 aromatic rings. The van der Waals surface area contributed by atoms with E-state index in [-0.39, 0.29) is 17.5 Å². The van der Waals surface area contributed by atoms with Gasteiger partial charge in [0.05, 0.1) is 23.9 Å². The van der Waals surface area contributed by atoms with E-state index in [2.05, 4.69) is 30.9 Å². The lowest BCUT2D eigenvalue weighted by Gasteiger charge is -2.27. The molecule has 0 bridgehead atoms. The summed E-state index contributed by atoms with van der Waals surface area (Å²) in [5.41, 5.74) is 3.11. The molecule has 0 saturated carbocycles. The second-order valence-corrected chi connectivity index (χ2v) is 10.8. The molecule has 2 aromatic carbocycles. The Hall–Kier alpha value is -2.29. The Morgan fingerprint density at radius 2 is 1.94 bits per heavy atom. The van der Waals surface area contributed by atoms with Crippen molar-refractivity contribution in [1.82, 2.24) is 19.2 Å². The average Bonchev–Trinajstić information content (AvgIpc) is 3.27. The zero-order valence-corrected chi connectivity index (χ0v) is 19.6. The van der Waals surface area contributed by atoms with Crippen LogP contribution >= 0.6 is 12.2 Å². The average molecular weight is 457 g/mol. The largest absolute Gasteiger partial charge is 0.280 e. The summed E-state index contributed by atoms with van der Waals surface area (Å²) in [6, 6.07) is 18.2. The van der Waals surface area contributed by atoms with Crippen molar-refractivity contribution in [3.8, 4) is 17.1 Å². The maximum Gasteiger partial charge on any atom is 0.204 e. The van der Waals surface area contributed by atoms with E-state index in [1.807, 2.05) is 51.7 Å². The van der Waals surface area contributed by atoms with E-state index in [1.165, 1.54) is 0 Å². The van der Waals surface area contributed by atoms with Crippen molar-refractivity contribution in [3.05, 3.63) is 64.9 Å². The number of aryl methyl sites for hydroxylation is 1. The van der Waals surface area contributed by atoms with Gasteiger partial charge in [0, 0.05) is 11.6 Å². The van der Waals surface area contributed by atoms with E-state index in [1.54, 1.807) is 0 Å². The van der Waals surface area contributed by atoms with Gasteiger partial charge in [0.2, 0.25) is 4.77 Å². The van der Waals surface area contributed by atoms with E-state index in [0.717, 1.165) is 35.6 Å². The number of nitrogens with zero attached hydrogens (tertiary/aromatic N) is 4. The lowest BCUT2D eigenvalue weighted by atomic mass is 10.2. The maximum absolute atomic E-state index is 12.1. The minimum Gasteiger partial charge on any atom is -0.280 e. The van der Waals surface area contributed by atoms with Gasteiger partial charge in [0.1, 0.15) is 0 Å². The van der Waals surface area contributed by atoms with Crippen molar-refractivity contribution in [3.63, 3.8) is 0 Å². The highest BCUT2D eigenvalue weighted by molar-refractivity contribution is 7.91. The summed E-state index contributed by atoms with van der Waals surface area (Å²) in [5, 5.41) is 4.90. The molecule has 1 fully saturated rings. The molecule has 2 heterocycles. The lowest BCUT2D eigenvalue weighted by molar-refractivity contribution is 0.155. The van der Waals surface area contributed by atoms with E-state index in [0.29, 0.717) is 17.9 Å². The van der Waals surface area contributed by atoms with Crippen molar-refractivity contribution in [2.24, 2.45) is 0 Å². The maximum atomic E-state index is 12.1. The molecule has 6 nitrogen and oxygen atoms in total. The number of aromatic nitrogens is 3. The molecule has 0 radical (unpaired) electrons. The summed E-state index contributed by atoms with van der Waals surface area (Å²) in [6.07, 6.45) is 1.60. The second-order valence-electron chi connectivity index (χ2n) is 8.16. The SMILES string of the molecule is CCCN(Cn1nc(-c2ccccc2)n(-c2cccc(C)c2)c1=S)[C@H]1CCS(=O)(=O)C1. The predicted octanol–water partition coefficient (Wildman–Crippen LogP) is 4.24. The molecule has 0 N–H and O–H groups in total. The number of hydrogen-bond donors (Lipinski definition) is 0.